The molecule has 5 rings (SSSR count). The van der Waals surface area contributed by atoms with Crippen molar-refractivity contribution in [2.75, 3.05) is 7.11 Å². The topological polar surface area (TPSA) is 100 Å². The number of ether oxygens (including phenoxy) is 1. The zero-order chi connectivity index (χ0) is 22.1. The van der Waals surface area contributed by atoms with Crippen molar-refractivity contribution in [3.63, 3.8) is 0 Å². The molecule has 0 saturated carbocycles. The van der Waals surface area contributed by atoms with Gasteiger partial charge >= 0.3 is 5.97 Å². The molecular formula is C24H22N4O4. The van der Waals surface area contributed by atoms with E-state index in [-0.39, 0.29) is 5.56 Å². The minimum absolute atomic E-state index is 0.00960. The van der Waals surface area contributed by atoms with E-state index in [9.17, 15) is 9.59 Å². The Morgan fingerprint density at radius 3 is 2.59 bits per heavy atom. The number of carbonyl (C=O) groups excluding carboxylic acids is 1. The molecule has 0 N–H and O–H groups in total. The van der Waals surface area contributed by atoms with E-state index in [0.717, 1.165) is 38.1 Å². The van der Waals surface area contributed by atoms with Crippen molar-refractivity contribution < 1.29 is 14.1 Å². The molecule has 0 saturated heterocycles. The predicted octanol–water partition coefficient (Wildman–Crippen LogP) is 4.02. The quantitative estimate of drug-likeness (QED) is 0.453. The van der Waals surface area contributed by atoms with E-state index in [2.05, 4.69) is 10.1 Å². The molecule has 0 unspecified atom stereocenters. The van der Waals surface area contributed by atoms with E-state index in [4.69, 9.17) is 14.2 Å². The van der Waals surface area contributed by atoms with Crippen LogP contribution in [0, 0.1) is 0 Å². The summed E-state index contributed by atoms with van der Waals surface area (Å²) in [6, 6.07) is 12.2. The number of hydrogen-bond acceptors (Lipinski definition) is 7. The highest BCUT2D eigenvalue weighted by atomic mass is 16.5. The molecule has 32 heavy (non-hydrogen) atoms. The van der Waals surface area contributed by atoms with Gasteiger partial charge in [0, 0.05) is 24.1 Å². The first-order valence-electron chi connectivity index (χ1n) is 10.7. The fourth-order valence-corrected chi connectivity index (χ4v) is 4.06. The lowest BCUT2D eigenvalue weighted by Crippen LogP contribution is -2.26. The summed E-state index contributed by atoms with van der Waals surface area (Å²) in [6.07, 6.45) is 5.16. The summed E-state index contributed by atoms with van der Waals surface area (Å²) in [5.74, 6) is 1.19. The van der Waals surface area contributed by atoms with Gasteiger partial charge in [-0.05, 0) is 43.2 Å². The number of nitrogens with zero attached hydrogens (tertiary/aromatic N) is 4. The monoisotopic (exact) mass is 430 g/mol. The molecule has 8 nitrogen and oxygen atoms in total. The molecule has 1 aliphatic rings. The molecule has 0 aliphatic carbocycles. The average molecular weight is 430 g/mol. The molecule has 2 aromatic carbocycles. The fourth-order valence-electron chi connectivity index (χ4n) is 4.06. The van der Waals surface area contributed by atoms with Crippen LogP contribution in [0.25, 0.3) is 33.7 Å². The van der Waals surface area contributed by atoms with E-state index in [0.29, 0.717) is 39.3 Å². The third kappa shape index (κ3) is 3.68. The van der Waals surface area contributed by atoms with Crippen molar-refractivity contribution in [1.29, 1.82) is 0 Å². The lowest BCUT2D eigenvalue weighted by molar-refractivity contribution is 0.0600. The molecule has 0 bridgehead atoms. The Morgan fingerprint density at radius 2 is 1.78 bits per heavy atom. The lowest BCUT2D eigenvalue weighted by Gasteiger charge is -2.16. The van der Waals surface area contributed by atoms with E-state index in [1.165, 1.54) is 13.5 Å². The molecule has 0 spiro atoms. The number of aromatic nitrogens is 4. The predicted molar refractivity (Wildman–Crippen MR) is 118 cm³/mol. The highest BCUT2D eigenvalue weighted by molar-refractivity contribution is 5.89. The number of benzene rings is 2. The van der Waals surface area contributed by atoms with Crippen LogP contribution < -0.4 is 5.56 Å². The van der Waals surface area contributed by atoms with Crippen molar-refractivity contribution in [3.8, 4) is 22.8 Å². The van der Waals surface area contributed by atoms with Gasteiger partial charge in [0.25, 0.3) is 11.4 Å². The van der Waals surface area contributed by atoms with Gasteiger partial charge < -0.3 is 9.26 Å². The van der Waals surface area contributed by atoms with Crippen LogP contribution in [-0.2, 0) is 17.7 Å². The molecule has 4 aromatic rings. The van der Waals surface area contributed by atoms with E-state index >= 15 is 0 Å². The lowest BCUT2D eigenvalue weighted by atomic mass is 10.1. The number of methoxy groups -OCH3 is 1. The van der Waals surface area contributed by atoms with Gasteiger partial charge in [-0.25, -0.2) is 9.78 Å². The normalized spacial score (nSPS) is 13.9. The second kappa shape index (κ2) is 8.37. The summed E-state index contributed by atoms with van der Waals surface area (Å²) >= 11 is 0. The maximum absolute atomic E-state index is 13.0. The fraction of sp³-hybridized carbons (Fsp3) is 0.292. The Bertz CT molecular complexity index is 1350. The molecule has 8 heteroatoms. The molecule has 0 atom stereocenters. The first kappa shape index (κ1) is 20.1. The van der Waals surface area contributed by atoms with Crippen molar-refractivity contribution in [1.82, 2.24) is 19.7 Å². The average Bonchev–Trinajstić information content (AvgIpc) is 3.30. The van der Waals surface area contributed by atoms with Gasteiger partial charge in [0.1, 0.15) is 5.82 Å². The second-order valence-corrected chi connectivity index (χ2v) is 7.87. The van der Waals surface area contributed by atoms with Gasteiger partial charge in [-0.3, -0.25) is 9.36 Å². The maximum Gasteiger partial charge on any atom is 0.337 e. The van der Waals surface area contributed by atoms with Crippen LogP contribution >= 0.6 is 0 Å². The highest BCUT2D eigenvalue weighted by Gasteiger charge is 2.16. The Balaban J connectivity index is 1.49. The van der Waals surface area contributed by atoms with Crippen LogP contribution in [0.4, 0.5) is 0 Å². The molecule has 162 valence electrons. The SMILES string of the molecule is COC(=O)c1ccc(-c2noc(-c3ccc4c(=O)n5c(nc4c3)CCCCCC5)n2)cc1. The summed E-state index contributed by atoms with van der Waals surface area (Å²) in [7, 11) is 1.34. The van der Waals surface area contributed by atoms with Crippen molar-refractivity contribution in [2.24, 2.45) is 0 Å². The Kier molecular flexibility index (Phi) is 5.26. The van der Waals surface area contributed by atoms with E-state index < -0.39 is 5.97 Å². The number of carbonyl (C=O) groups is 1. The molecule has 1 aliphatic heterocycles. The number of hydrogen-bond donors (Lipinski definition) is 0. The second-order valence-electron chi connectivity index (χ2n) is 7.87. The molecule has 3 heterocycles. The number of rotatable bonds is 3. The van der Waals surface area contributed by atoms with Crippen LogP contribution in [0.15, 0.2) is 51.8 Å². The minimum atomic E-state index is -0.404. The molecular weight excluding hydrogens is 408 g/mol. The molecule has 0 radical (unpaired) electrons. The smallest absolute Gasteiger partial charge is 0.337 e. The van der Waals surface area contributed by atoms with Crippen molar-refractivity contribution >= 4 is 16.9 Å². The third-order valence-electron chi connectivity index (χ3n) is 5.80. The Hall–Kier alpha value is -3.81. The van der Waals surface area contributed by atoms with E-state index in [1.54, 1.807) is 36.4 Å². The summed E-state index contributed by atoms with van der Waals surface area (Å²) in [5, 5.41) is 4.65. The summed E-state index contributed by atoms with van der Waals surface area (Å²) in [6.45, 7) is 0.723. The summed E-state index contributed by atoms with van der Waals surface area (Å²) < 4.78 is 12.0. The molecule has 2 aromatic heterocycles. The summed E-state index contributed by atoms with van der Waals surface area (Å²) in [4.78, 5) is 33.9. The highest BCUT2D eigenvalue weighted by Crippen LogP contribution is 2.25. The van der Waals surface area contributed by atoms with Crippen molar-refractivity contribution in [2.45, 2.75) is 38.6 Å². The zero-order valence-electron chi connectivity index (χ0n) is 17.7. The minimum Gasteiger partial charge on any atom is -0.465 e. The van der Waals surface area contributed by atoms with Crippen LogP contribution in [0.2, 0.25) is 0 Å². The van der Waals surface area contributed by atoms with Gasteiger partial charge in [0.2, 0.25) is 5.82 Å². The van der Waals surface area contributed by atoms with Gasteiger partial charge in [-0.2, -0.15) is 4.98 Å². The maximum atomic E-state index is 13.0. The number of esters is 1. The molecule has 0 amide bonds. The van der Waals surface area contributed by atoms with Crippen molar-refractivity contribution in [3.05, 3.63) is 64.2 Å². The van der Waals surface area contributed by atoms with Crippen LogP contribution in [0.1, 0.15) is 41.9 Å². The summed E-state index contributed by atoms with van der Waals surface area (Å²) in [5.41, 5.74) is 2.51. The van der Waals surface area contributed by atoms with E-state index in [1.807, 2.05) is 10.6 Å². The largest absolute Gasteiger partial charge is 0.465 e. The van der Waals surface area contributed by atoms with Crippen LogP contribution in [0.3, 0.4) is 0 Å². The standard InChI is InChI=1S/C24H22N4O4/c1-31-24(30)16-9-7-15(8-10-16)21-26-22(32-27-21)17-11-12-18-19(14-17)25-20-6-4-2-3-5-13-28(20)23(18)29/h7-12,14H,2-6,13H2,1H3. The zero-order valence-corrected chi connectivity index (χ0v) is 17.7. The molecule has 0 fully saturated rings. The van der Waals surface area contributed by atoms with Crippen LogP contribution in [-0.4, -0.2) is 32.8 Å². The Morgan fingerprint density at radius 1 is 1.00 bits per heavy atom. The first-order valence-corrected chi connectivity index (χ1v) is 10.7. The van der Waals surface area contributed by atoms with Gasteiger partial charge in [-0.15, -0.1) is 0 Å². The first-order chi connectivity index (χ1) is 15.6. The third-order valence-corrected chi connectivity index (χ3v) is 5.80. The van der Waals surface area contributed by atoms with Crippen LogP contribution in [0.5, 0.6) is 0 Å². The number of fused-ring (bicyclic) bond motifs is 2. The number of aryl methyl sites for hydroxylation is 1. The Labute approximate surface area is 183 Å². The van der Waals surface area contributed by atoms with Gasteiger partial charge in [0.05, 0.1) is 23.6 Å². The van der Waals surface area contributed by atoms with Gasteiger partial charge in [0.15, 0.2) is 0 Å². The van der Waals surface area contributed by atoms with Gasteiger partial charge in [-0.1, -0.05) is 30.1 Å².